The first kappa shape index (κ1) is 14.4. The van der Waals surface area contributed by atoms with E-state index in [0.717, 1.165) is 25.7 Å². The highest BCUT2D eigenvalue weighted by Crippen LogP contribution is 2.38. The normalized spacial score (nSPS) is 22.2. The largest absolute Gasteiger partial charge is 0.467 e. The molecule has 1 amide bonds. The van der Waals surface area contributed by atoms with Gasteiger partial charge in [0.1, 0.15) is 11.7 Å². The molecule has 1 aromatic rings. The molecule has 1 aliphatic carbocycles. The van der Waals surface area contributed by atoms with Crippen LogP contribution in [0.25, 0.3) is 0 Å². The van der Waals surface area contributed by atoms with Gasteiger partial charge in [-0.15, -0.1) is 0 Å². The molecule has 114 valence electrons. The van der Waals surface area contributed by atoms with Crippen molar-refractivity contribution in [1.29, 1.82) is 0 Å². The average Bonchev–Trinajstić information content (AvgIpc) is 3.28. The third-order valence-corrected chi connectivity index (χ3v) is 4.42. The summed E-state index contributed by atoms with van der Waals surface area (Å²) < 4.78 is 6.79. The zero-order valence-corrected chi connectivity index (χ0v) is 12.8. The van der Waals surface area contributed by atoms with Crippen molar-refractivity contribution in [3.05, 3.63) is 23.0 Å². The van der Waals surface area contributed by atoms with Crippen molar-refractivity contribution in [1.82, 2.24) is 9.47 Å². The molecule has 6 heteroatoms. The van der Waals surface area contributed by atoms with Crippen molar-refractivity contribution in [3.63, 3.8) is 0 Å². The van der Waals surface area contributed by atoms with Crippen LogP contribution in [-0.2, 0) is 9.53 Å². The van der Waals surface area contributed by atoms with Crippen molar-refractivity contribution in [3.8, 4) is 0 Å². The summed E-state index contributed by atoms with van der Waals surface area (Å²) in [6.45, 7) is 0.589. The number of hydrogen-bond donors (Lipinski definition) is 0. The first-order valence-electron chi connectivity index (χ1n) is 7.38. The number of rotatable bonds is 3. The Morgan fingerprint density at radius 1 is 1.29 bits per heavy atom. The molecule has 2 fully saturated rings. The zero-order valence-electron chi connectivity index (χ0n) is 12.0. The lowest BCUT2D eigenvalue weighted by Crippen LogP contribution is -2.48. The number of aromatic nitrogens is 1. The predicted molar refractivity (Wildman–Crippen MR) is 78.4 cm³/mol. The fourth-order valence-corrected chi connectivity index (χ4v) is 3.18. The molecule has 1 aromatic heterocycles. The maximum atomic E-state index is 12.8. The highest BCUT2D eigenvalue weighted by atomic mass is 35.5. The smallest absolute Gasteiger partial charge is 0.328 e. The molecule has 1 aliphatic heterocycles. The van der Waals surface area contributed by atoms with Gasteiger partial charge in [0.05, 0.1) is 12.1 Å². The number of esters is 1. The standard InChI is InChI=1S/C15H19ClN2O3/c1-21-15(20)12-4-2-3-7-17(12)14(19)13-8-10(16)9-18(13)11-5-6-11/h8-9,11-12H,2-7H2,1H3/t12-/m1/s1. The number of methoxy groups -OCH3 is 1. The molecule has 1 saturated carbocycles. The van der Waals surface area contributed by atoms with Gasteiger partial charge in [0.15, 0.2) is 0 Å². The molecule has 21 heavy (non-hydrogen) atoms. The number of carbonyl (C=O) groups excluding carboxylic acids is 2. The maximum absolute atomic E-state index is 12.8. The van der Waals surface area contributed by atoms with Crippen molar-refractivity contribution in [2.45, 2.75) is 44.2 Å². The second kappa shape index (κ2) is 5.72. The van der Waals surface area contributed by atoms with Crippen LogP contribution < -0.4 is 0 Å². The molecular weight excluding hydrogens is 292 g/mol. The Morgan fingerprint density at radius 3 is 2.71 bits per heavy atom. The highest BCUT2D eigenvalue weighted by Gasteiger charge is 2.36. The molecule has 5 nitrogen and oxygen atoms in total. The van der Waals surface area contributed by atoms with Gasteiger partial charge in [-0.3, -0.25) is 4.79 Å². The molecule has 3 rings (SSSR count). The minimum absolute atomic E-state index is 0.121. The summed E-state index contributed by atoms with van der Waals surface area (Å²) >= 11 is 6.06. The lowest BCUT2D eigenvalue weighted by atomic mass is 10.0. The minimum Gasteiger partial charge on any atom is -0.467 e. The van der Waals surface area contributed by atoms with Crippen LogP contribution in [0, 0.1) is 0 Å². The van der Waals surface area contributed by atoms with E-state index in [1.165, 1.54) is 7.11 Å². The summed E-state index contributed by atoms with van der Waals surface area (Å²) in [6, 6.07) is 1.60. The summed E-state index contributed by atoms with van der Waals surface area (Å²) in [5, 5.41) is 0.567. The Kier molecular flexibility index (Phi) is 3.93. The Bertz CT molecular complexity index is 565. The van der Waals surface area contributed by atoms with Gasteiger partial charge in [0.25, 0.3) is 5.91 Å². The van der Waals surface area contributed by atoms with E-state index in [-0.39, 0.29) is 11.9 Å². The van der Waals surface area contributed by atoms with E-state index < -0.39 is 6.04 Å². The second-order valence-electron chi connectivity index (χ2n) is 5.72. The lowest BCUT2D eigenvalue weighted by molar-refractivity contribution is -0.147. The van der Waals surface area contributed by atoms with Crippen molar-refractivity contribution >= 4 is 23.5 Å². The molecular formula is C15H19ClN2O3. The van der Waals surface area contributed by atoms with Gasteiger partial charge < -0.3 is 14.2 Å². The third-order valence-electron chi connectivity index (χ3n) is 4.21. The number of likely N-dealkylation sites (tertiary alicyclic amines) is 1. The molecule has 1 atom stereocenters. The van der Waals surface area contributed by atoms with Crippen LogP contribution >= 0.6 is 11.6 Å². The van der Waals surface area contributed by atoms with E-state index in [1.807, 2.05) is 10.8 Å². The first-order valence-corrected chi connectivity index (χ1v) is 7.76. The molecule has 0 N–H and O–H groups in total. The summed E-state index contributed by atoms with van der Waals surface area (Å²) in [4.78, 5) is 26.4. The van der Waals surface area contributed by atoms with Crippen LogP contribution in [0.3, 0.4) is 0 Å². The van der Waals surface area contributed by atoms with Crippen LogP contribution in [-0.4, -0.2) is 41.0 Å². The number of nitrogens with zero attached hydrogens (tertiary/aromatic N) is 2. The Labute approximate surface area is 128 Å². The number of halogens is 1. The number of piperidine rings is 1. The van der Waals surface area contributed by atoms with Crippen molar-refractivity contribution in [2.75, 3.05) is 13.7 Å². The molecule has 0 bridgehead atoms. The highest BCUT2D eigenvalue weighted by molar-refractivity contribution is 6.31. The lowest BCUT2D eigenvalue weighted by Gasteiger charge is -2.33. The van der Waals surface area contributed by atoms with E-state index in [2.05, 4.69) is 0 Å². The fourth-order valence-electron chi connectivity index (χ4n) is 2.97. The average molecular weight is 311 g/mol. The van der Waals surface area contributed by atoms with Crippen molar-refractivity contribution in [2.24, 2.45) is 0 Å². The van der Waals surface area contributed by atoms with Gasteiger partial charge in [-0.1, -0.05) is 11.6 Å². The first-order chi connectivity index (χ1) is 10.1. The van der Waals surface area contributed by atoms with Crippen LogP contribution in [0.2, 0.25) is 5.02 Å². The molecule has 0 aromatic carbocycles. The zero-order chi connectivity index (χ0) is 15.0. The van der Waals surface area contributed by atoms with E-state index in [0.29, 0.717) is 29.7 Å². The Morgan fingerprint density at radius 2 is 2.05 bits per heavy atom. The number of ether oxygens (including phenoxy) is 1. The van der Waals surface area contributed by atoms with Gasteiger partial charge in [-0.25, -0.2) is 4.79 Å². The van der Waals surface area contributed by atoms with Crippen molar-refractivity contribution < 1.29 is 14.3 Å². The third kappa shape index (κ3) is 2.79. The van der Waals surface area contributed by atoms with Gasteiger partial charge in [0.2, 0.25) is 0 Å². The molecule has 0 spiro atoms. The maximum Gasteiger partial charge on any atom is 0.328 e. The number of amides is 1. The summed E-state index contributed by atoms with van der Waals surface area (Å²) in [5.74, 6) is -0.456. The van der Waals surface area contributed by atoms with Gasteiger partial charge in [0, 0.05) is 18.8 Å². The Hall–Kier alpha value is -1.49. The molecule has 0 radical (unpaired) electrons. The van der Waals surface area contributed by atoms with Gasteiger partial charge in [-0.05, 0) is 38.2 Å². The van der Waals surface area contributed by atoms with Crippen LogP contribution in [0.4, 0.5) is 0 Å². The van der Waals surface area contributed by atoms with Crippen LogP contribution in [0.15, 0.2) is 12.3 Å². The topological polar surface area (TPSA) is 51.5 Å². The van der Waals surface area contributed by atoms with E-state index >= 15 is 0 Å². The van der Waals surface area contributed by atoms with Gasteiger partial charge in [-0.2, -0.15) is 0 Å². The SMILES string of the molecule is COC(=O)[C@H]1CCCCN1C(=O)c1cc(Cl)cn1C1CC1. The quantitative estimate of drug-likeness (QED) is 0.807. The van der Waals surface area contributed by atoms with Crippen LogP contribution in [0.5, 0.6) is 0 Å². The monoisotopic (exact) mass is 310 g/mol. The molecule has 2 heterocycles. The predicted octanol–water partition coefficient (Wildman–Crippen LogP) is 2.64. The van der Waals surface area contributed by atoms with E-state index in [4.69, 9.17) is 16.3 Å². The molecule has 1 saturated heterocycles. The van der Waals surface area contributed by atoms with E-state index in [9.17, 15) is 9.59 Å². The molecule has 2 aliphatic rings. The van der Waals surface area contributed by atoms with E-state index in [1.54, 1.807) is 11.0 Å². The number of hydrogen-bond acceptors (Lipinski definition) is 3. The minimum atomic E-state index is -0.474. The van der Waals surface area contributed by atoms with Gasteiger partial charge >= 0.3 is 5.97 Å². The van der Waals surface area contributed by atoms with Crippen LogP contribution in [0.1, 0.15) is 48.6 Å². The fraction of sp³-hybridized carbons (Fsp3) is 0.600. The number of carbonyl (C=O) groups is 2. The Balaban J connectivity index is 1.87. The summed E-state index contributed by atoms with van der Waals surface area (Å²) in [6.07, 6.45) is 6.47. The summed E-state index contributed by atoms with van der Waals surface area (Å²) in [7, 11) is 1.36. The summed E-state index contributed by atoms with van der Waals surface area (Å²) in [5.41, 5.74) is 0.582. The molecule has 0 unspecified atom stereocenters. The second-order valence-corrected chi connectivity index (χ2v) is 6.15.